The largest absolute Gasteiger partial charge is 1.00 e. The molecule has 2 fully saturated rings. The molecule has 0 aromatic heterocycles. The van der Waals surface area contributed by atoms with E-state index in [1.807, 2.05) is 12.1 Å². The average molecular weight is 619 g/mol. The Hall–Kier alpha value is -1.28. The Bertz CT molecular complexity index is 1170. The number of hydrogen-bond acceptors (Lipinski definition) is 2. The van der Waals surface area contributed by atoms with Crippen molar-refractivity contribution in [1.29, 1.82) is 0 Å². The molecule has 0 spiro atoms. The Balaban J connectivity index is 0.00000241. The SMILES string of the molecule is CC(C)(C)c1cccc(C=C2CCC[C]2=[Zr+2]=[C]2CCCC2=Cc2cccc(C(C)(C)C)c2O)c1O.[Cl-].[Cl-]. The smallest absolute Gasteiger partial charge is 1.00 e. The summed E-state index contributed by atoms with van der Waals surface area (Å²) in [5.74, 6) is 0.875. The Labute approximate surface area is 246 Å². The maximum atomic E-state index is 11.0. The maximum Gasteiger partial charge on any atom is -1.00 e. The summed E-state index contributed by atoms with van der Waals surface area (Å²) in [5.41, 5.74) is 6.73. The first-order valence-corrected chi connectivity index (χ1v) is 15.5. The molecule has 2 nitrogen and oxygen atoms in total. The van der Waals surface area contributed by atoms with Crippen molar-refractivity contribution in [2.75, 3.05) is 0 Å². The van der Waals surface area contributed by atoms with Crippen molar-refractivity contribution in [2.45, 2.75) is 90.9 Å². The van der Waals surface area contributed by atoms with E-state index in [2.05, 4.69) is 78.0 Å². The summed E-state index contributed by atoms with van der Waals surface area (Å²) in [7, 11) is 0. The molecule has 0 heterocycles. The van der Waals surface area contributed by atoms with Crippen molar-refractivity contribution in [3.63, 3.8) is 0 Å². The average Bonchev–Trinajstić information content (AvgIpc) is 3.39. The molecule has 198 valence electrons. The summed E-state index contributed by atoms with van der Waals surface area (Å²) >= 11 is -0.872. The summed E-state index contributed by atoms with van der Waals surface area (Å²) in [6, 6.07) is 12.3. The van der Waals surface area contributed by atoms with Crippen LogP contribution >= 0.6 is 0 Å². The molecule has 2 aliphatic carbocycles. The van der Waals surface area contributed by atoms with Crippen molar-refractivity contribution < 1.29 is 57.3 Å². The number of allylic oxidation sites excluding steroid dienone is 2. The van der Waals surface area contributed by atoms with Crippen LogP contribution in [-0.2, 0) is 33.1 Å². The number of halogens is 2. The van der Waals surface area contributed by atoms with Crippen LogP contribution in [0.3, 0.4) is 0 Å². The van der Waals surface area contributed by atoms with Gasteiger partial charge in [0.2, 0.25) is 0 Å². The third-order valence-corrected chi connectivity index (χ3v) is 11.5. The zero-order valence-corrected chi connectivity index (χ0v) is 27.0. The van der Waals surface area contributed by atoms with Crippen LogP contribution < -0.4 is 24.8 Å². The minimum Gasteiger partial charge on any atom is -1.00 e. The predicted octanol–water partition coefficient (Wildman–Crippen LogP) is 1.96. The van der Waals surface area contributed by atoms with Crippen LogP contribution in [0.2, 0.25) is 0 Å². The Morgan fingerprint density at radius 2 is 1.00 bits per heavy atom. The van der Waals surface area contributed by atoms with E-state index >= 15 is 0 Å². The summed E-state index contributed by atoms with van der Waals surface area (Å²) in [4.78, 5) is 0. The molecule has 2 aromatic carbocycles. The van der Waals surface area contributed by atoms with Gasteiger partial charge in [-0.05, 0) is 0 Å². The number of hydrogen-bond donors (Lipinski definition) is 2. The van der Waals surface area contributed by atoms with Gasteiger partial charge in [-0.1, -0.05) is 0 Å². The van der Waals surface area contributed by atoms with Crippen LogP contribution in [0.15, 0.2) is 47.5 Å². The normalized spacial score (nSPS) is 18.4. The number of aromatic hydroxyl groups is 2. The fourth-order valence-corrected chi connectivity index (χ4v) is 9.40. The van der Waals surface area contributed by atoms with E-state index in [1.165, 1.54) is 36.8 Å². The van der Waals surface area contributed by atoms with Crippen molar-refractivity contribution in [3.8, 4) is 11.5 Å². The van der Waals surface area contributed by atoms with E-state index in [1.54, 1.807) is 6.41 Å². The second-order valence-corrected chi connectivity index (χ2v) is 15.7. The molecule has 0 aliphatic heterocycles. The first-order valence-electron chi connectivity index (χ1n) is 13.0. The van der Waals surface area contributed by atoms with Crippen LogP contribution in [0.4, 0.5) is 0 Å². The third kappa shape index (κ3) is 7.43. The maximum absolute atomic E-state index is 11.0. The van der Waals surface area contributed by atoms with Gasteiger partial charge in [0.15, 0.2) is 0 Å². The van der Waals surface area contributed by atoms with Crippen LogP contribution in [0, 0.1) is 0 Å². The molecular weight excluding hydrogens is 578 g/mol. The van der Waals surface area contributed by atoms with Gasteiger partial charge < -0.3 is 24.8 Å². The summed E-state index contributed by atoms with van der Waals surface area (Å²) in [6.45, 7) is 12.9. The summed E-state index contributed by atoms with van der Waals surface area (Å²) < 4.78 is 3.37. The Kier molecular flexibility index (Phi) is 11.0. The van der Waals surface area contributed by atoms with E-state index in [9.17, 15) is 10.2 Å². The van der Waals surface area contributed by atoms with Crippen molar-refractivity contribution >= 4 is 18.6 Å². The third-order valence-electron chi connectivity index (χ3n) is 7.23. The molecule has 0 radical (unpaired) electrons. The van der Waals surface area contributed by atoms with E-state index in [-0.39, 0.29) is 35.6 Å². The fourth-order valence-electron chi connectivity index (χ4n) is 5.26. The van der Waals surface area contributed by atoms with Gasteiger partial charge in [-0.15, -0.1) is 0 Å². The van der Waals surface area contributed by atoms with E-state index in [0.717, 1.165) is 35.1 Å². The zero-order chi connectivity index (χ0) is 25.4. The van der Waals surface area contributed by atoms with Crippen LogP contribution in [0.5, 0.6) is 11.5 Å². The Morgan fingerprint density at radius 3 is 1.35 bits per heavy atom. The zero-order valence-electron chi connectivity index (χ0n) is 23.0. The molecule has 0 bridgehead atoms. The number of phenolic OH excluding ortho intramolecular Hbond substituents is 2. The van der Waals surface area contributed by atoms with Crippen LogP contribution in [0.1, 0.15) is 102 Å². The van der Waals surface area contributed by atoms with Gasteiger partial charge in [0.05, 0.1) is 0 Å². The molecule has 0 unspecified atom stereocenters. The molecule has 0 atom stereocenters. The molecule has 2 saturated carbocycles. The summed E-state index contributed by atoms with van der Waals surface area (Å²) in [5, 5.41) is 22.0. The molecule has 2 N–H and O–H groups in total. The van der Waals surface area contributed by atoms with Gasteiger partial charge in [0.1, 0.15) is 0 Å². The molecule has 4 rings (SSSR count). The van der Waals surface area contributed by atoms with Gasteiger partial charge in [-0.25, -0.2) is 0 Å². The van der Waals surface area contributed by atoms with E-state index < -0.39 is 22.3 Å². The molecule has 2 aromatic rings. The van der Waals surface area contributed by atoms with Crippen LogP contribution in [-0.4, -0.2) is 16.6 Å². The minimum atomic E-state index is -0.872. The van der Waals surface area contributed by atoms with Gasteiger partial charge >= 0.3 is 223 Å². The predicted molar refractivity (Wildman–Crippen MR) is 147 cm³/mol. The second-order valence-electron chi connectivity index (χ2n) is 12.1. The van der Waals surface area contributed by atoms with Gasteiger partial charge in [0, 0.05) is 0 Å². The minimum absolute atomic E-state index is 0. The topological polar surface area (TPSA) is 40.5 Å². The quantitative estimate of drug-likeness (QED) is 0.541. The monoisotopic (exact) mass is 616 g/mol. The first kappa shape index (κ1) is 31.9. The van der Waals surface area contributed by atoms with Gasteiger partial charge in [-0.2, -0.15) is 0 Å². The standard InChI is InChI=1S/2C16H20O.2ClH.Zr/c2*1-16(2,3)14-10-6-9-13(15(14)17)11-12-7-4-5-8-12;;;/h2*6,9-11,17H,4-5,7H2,1-3H3;2*1H;/q;;;;+2/p-2. The molecule has 0 amide bonds. The van der Waals surface area contributed by atoms with E-state index in [0.29, 0.717) is 11.5 Å². The molecule has 5 heteroatoms. The molecule has 2 aliphatic rings. The van der Waals surface area contributed by atoms with Crippen molar-refractivity contribution in [2.24, 2.45) is 0 Å². The number of para-hydroxylation sites is 2. The molecule has 0 saturated heterocycles. The van der Waals surface area contributed by atoms with Crippen molar-refractivity contribution in [1.82, 2.24) is 0 Å². The number of benzene rings is 2. The van der Waals surface area contributed by atoms with Crippen molar-refractivity contribution in [3.05, 3.63) is 69.8 Å². The molecule has 37 heavy (non-hydrogen) atoms. The van der Waals surface area contributed by atoms with E-state index in [4.69, 9.17) is 0 Å². The van der Waals surface area contributed by atoms with Gasteiger partial charge in [0.25, 0.3) is 0 Å². The number of rotatable bonds is 2. The first-order chi connectivity index (χ1) is 16.4. The molecular formula is C32H40Cl2O2Zr. The van der Waals surface area contributed by atoms with Gasteiger partial charge in [-0.3, -0.25) is 0 Å². The Morgan fingerprint density at radius 1 is 0.622 bits per heavy atom. The van der Waals surface area contributed by atoms with Crippen LogP contribution in [0.25, 0.3) is 12.2 Å². The summed E-state index contributed by atoms with van der Waals surface area (Å²) in [6.07, 6.45) is 11.6. The fraction of sp³-hybridized carbons (Fsp3) is 0.438. The number of phenols is 2. The second kappa shape index (κ2) is 12.7.